The number of para-hydroxylation sites is 1. The first-order valence-corrected chi connectivity index (χ1v) is 15.0. The summed E-state index contributed by atoms with van der Waals surface area (Å²) in [7, 11) is 4.36. The maximum atomic E-state index is 14.6. The number of ether oxygens (including phenoxy) is 5. The molecule has 3 amide bonds. The van der Waals surface area contributed by atoms with Crippen molar-refractivity contribution in [3.05, 3.63) is 101 Å². The molecule has 2 aliphatic rings. The fourth-order valence-electron chi connectivity index (χ4n) is 5.84. The molecule has 0 fully saturated rings. The third-order valence-electron chi connectivity index (χ3n) is 8.30. The van der Waals surface area contributed by atoms with Gasteiger partial charge in [-0.25, -0.2) is 0 Å². The number of carbonyl (C=O) groups is 4. The average Bonchev–Trinajstić information content (AvgIpc) is 3.66. The monoisotopic (exact) mass is 651 g/mol. The van der Waals surface area contributed by atoms with Gasteiger partial charge in [0.2, 0.25) is 18.4 Å². The second-order valence-corrected chi connectivity index (χ2v) is 11.1. The van der Waals surface area contributed by atoms with Crippen LogP contribution >= 0.6 is 0 Å². The predicted molar refractivity (Wildman–Crippen MR) is 175 cm³/mol. The summed E-state index contributed by atoms with van der Waals surface area (Å²) < 4.78 is 27.7. The van der Waals surface area contributed by atoms with Gasteiger partial charge in [-0.05, 0) is 60.0 Å². The average molecular weight is 652 g/mol. The molecule has 4 aromatic carbocycles. The molecule has 48 heavy (non-hydrogen) atoms. The van der Waals surface area contributed by atoms with E-state index in [9.17, 15) is 19.2 Å². The highest BCUT2D eigenvalue weighted by Gasteiger charge is 2.40. The number of anilines is 2. The molecule has 1 atom stereocenters. The van der Waals surface area contributed by atoms with Crippen LogP contribution in [0.15, 0.2) is 78.9 Å². The summed E-state index contributed by atoms with van der Waals surface area (Å²) in [6, 6.07) is 20.8. The van der Waals surface area contributed by atoms with E-state index < -0.39 is 36.1 Å². The predicted octanol–water partition coefficient (Wildman–Crippen LogP) is 4.69. The lowest BCUT2D eigenvalue weighted by Crippen LogP contribution is -2.46. The minimum Gasteiger partial charge on any atom is -0.493 e. The fourth-order valence-corrected chi connectivity index (χ4v) is 5.84. The second-order valence-electron chi connectivity index (χ2n) is 11.1. The molecule has 6 rings (SSSR count). The molecule has 4 aromatic rings. The zero-order valence-corrected chi connectivity index (χ0v) is 26.8. The molecule has 0 saturated heterocycles. The highest BCUT2D eigenvalue weighted by molar-refractivity contribution is 6.52. The van der Waals surface area contributed by atoms with Crippen LogP contribution in [0.2, 0.25) is 0 Å². The van der Waals surface area contributed by atoms with Crippen LogP contribution in [0.25, 0.3) is 0 Å². The van der Waals surface area contributed by atoms with E-state index in [2.05, 4.69) is 5.32 Å². The topological polar surface area (TPSA) is 133 Å². The quantitative estimate of drug-likeness (QED) is 0.230. The first kappa shape index (κ1) is 31.9. The number of benzene rings is 4. The third-order valence-corrected chi connectivity index (χ3v) is 8.30. The highest BCUT2D eigenvalue weighted by Crippen LogP contribution is 2.42. The van der Waals surface area contributed by atoms with Gasteiger partial charge in [-0.3, -0.25) is 24.1 Å². The van der Waals surface area contributed by atoms with Crippen molar-refractivity contribution < 1.29 is 42.9 Å². The number of ketones is 1. The molecular formula is C36H33N3O9. The Balaban J connectivity index is 1.47. The Bertz CT molecular complexity index is 1900. The molecule has 0 aromatic heterocycles. The Labute approximate surface area is 276 Å². The number of nitrogens with one attached hydrogen (secondary N) is 1. The Morgan fingerprint density at radius 2 is 1.56 bits per heavy atom. The van der Waals surface area contributed by atoms with Crippen molar-refractivity contribution in [3.8, 4) is 28.7 Å². The van der Waals surface area contributed by atoms with E-state index in [-0.39, 0.29) is 30.4 Å². The smallest absolute Gasteiger partial charge is 0.299 e. The van der Waals surface area contributed by atoms with E-state index >= 15 is 0 Å². The van der Waals surface area contributed by atoms with Gasteiger partial charge in [0.25, 0.3) is 17.6 Å². The van der Waals surface area contributed by atoms with Crippen LogP contribution in [-0.2, 0) is 20.9 Å². The van der Waals surface area contributed by atoms with Gasteiger partial charge >= 0.3 is 0 Å². The number of Topliss-reactive ketones (excluding diaryl/α,β-unsaturated/α-hetero) is 1. The summed E-state index contributed by atoms with van der Waals surface area (Å²) in [5.74, 6) is -0.856. The first-order chi connectivity index (χ1) is 23.2. The highest BCUT2D eigenvalue weighted by atomic mass is 16.7. The minimum absolute atomic E-state index is 0.0149. The molecule has 2 heterocycles. The van der Waals surface area contributed by atoms with Crippen molar-refractivity contribution in [3.63, 3.8) is 0 Å². The molecule has 0 saturated carbocycles. The molecular weight excluding hydrogens is 618 g/mol. The number of fused-ring (bicyclic) bond motifs is 2. The first-order valence-electron chi connectivity index (χ1n) is 15.0. The van der Waals surface area contributed by atoms with Gasteiger partial charge in [0.05, 0.1) is 32.6 Å². The largest absolute Gasteiger partial charge is 0.493 e. The van der Waals surface area contributed by atoms with Crippen LogP contribution in [-0.4, -0.2) is 63.1 Å². The van der Waals surface area contributed by atoms with Crippen molar-refractivity contribution in [1.29, 1.82) is 0 Å². The molecule has 2 aliphatic heterocycles. The van der Waals surface area contributed by atoms with Crippen LogP contribution in [0.5, 0.6) is 28.7 Å². The van der Waals surface area contributed by atoms with Gasteiger partial charge in [0.15, 0.2) is 23.0 Å². The van der Waals surface area contributed by atoms with Crippen LogP contribution in [0.3, 0.4) is 0 Å². The molecule has 12 heteroatoms. The number of carbonyl (C=O) groups excluding carboxylic acids is 4. The van der Waals surface area contributed by atoms with Gasteiger partial charge in [-0.1, -0.05) is 36.4 Å². The molecule has 12 nitrogen and oxygen atoms in total. The Morgan fingerprint density at radius 3 is 2.27 bits per heavy atom. The third kappa shape index (κ3) is 5.95. The van der Waals surface area contributed by atoms with Crippen molar-refractivity contribution >= 4 is 34.9 Å². The molecule has 0 spiro atoms. The van der Waals surface area contributed by atoms with Crippen molar-refractivity contribution in [2.45, 2.75) is 19.5 Å². The maximum Gasteiger partial charge on any atom is 0.299 e. The van der Waals surface area contributed by atoms with Gasteiger partial charge < -0.3 is 33.9 Å². The number of hydrogen-bond acceptors (Lipinski definition) is 9. The van der Waals surface area contributed by atoms with Crippen LogP contribution < -0.4 is 33.9 Å². The molecule has 0 aliphatic carbocycles. The van der Waals surface area contributed by atoms with Crippen LogP contribution in [0.1, 0.15) is 33.1 Å². The molecule has 1 N–H and O–H groups in total. The van der Waals surface area contributed by atoms with Crippen molar-refractivity contribution in [1.82, 2.24) is 4.90 Å². The Kier molecular flexibility index (Phi) is 8.89. The number of aryl methyl sites for hydroxylation is 1. The van der Waals surface area contributed by atoms with E-state index in [0.29, 0.717) is 34.2 Å². The summed E-state index contributed by atoms with van der Waals surface area (Å²) in [4.78, 5) is 57.5. The maximum absolute atomic E-state index is 14.6. The SMILES string of the molecule is COc1cc([C@H](C(=O)Nc2ccc3c(c2)OCO3)N(Cc2ccccc2C)C(=O)CN2C(=O)C(=O)c3ccccc32)cc(OC)c1OC. The van der Waals surface area contributed by atoms with E-state index in [0.717, 1.165) is 16.0 Å². The summed E-state index contributed by atoms with van der Waals surface area (Å²) in [6.07, 6.45) is 0. The lowest BCUT2D eigenvalue weighted by atomic mass is 10.00. The van der Waals surface area contributed by atoms with Crippen molar-refractivity contribution in [2.75, 3.05) is 44.9 Å². The van der Waals surface area contributed by atoms with Crippen molar-refractivity contribution in [2.24, 2.45) is 0 Å². The zero-order valence-electron chi connectivity index (χ0n) is 26.8. The molecule has 0 radical (unpaired) electrons. The van der Waals surface area contributed by atoms with E-state index in [1.165, 1.54) is 26.2 Å². The minimum atomic E-state index is -1.29. The van der Waals surface area contributed by atoms with Crippen LogP contribution in [0, 0.1) is 6.92 Å². The van der Waals surface area contributed by atoms with E-state index in [1.807, 2.05) is 31.2 Å². The summed E-state index contributed by atoms with van der Waals surface area (Å²) in [6.45, 7) is 1.45. The summed E-state index contributed by atoms with van der Waals surface area (Å²) in [5, 5.41) is 2.92. The van der Waals surface area contributed by atoms with E-state index in [4.69, 9.17) is 23.7 Å². The normalized spacial score (nSPS) is 13.5. The number of hydrogen-bond donors (Lipinski definition) is 1. The molecule has 246 valence electrons. The summed E-state index contributed by atoms with van der Waals surface area (Å²) >= 11 is 0. The number of rotatable bonds is 11. The number of nitrogens with zero attached hydrogens (tertiary/aromatic N) is 2. The lowest BCUT2D eigenvalue weighted by Gasteiger charge is -2.33. The van der Waals surface area contributed by atoms with E-state index in [1.54, 1.807) is 54.6 Å². The number of amides is 3. The standard InChI is InChI=1S/C36H33N3O9/c1-21-9-5-6-10-22(21)18-39(31(40)19-38-26-12-8-7-11-25(26)33(41)36(38)43)32(23-15-29(44-2)34(46-4)30(16-23)45-3)35(42)37-24-13-14-27-28(17-24)48-20-47-27/h5-17,32H,18-20H2,1-4H3,(H,37,42)/t32-/m1/s1. The fraction of sp³-hybridized carbons (Fsp3) is 0.222. The summed E-state index contributed by atoms with van der Waals surface area (Å²) in [5.41, 5.74) is 2.93. The van der Waals surface area contributed by atoms with Gasteiger partial charge in [0.1, 0.15) is 12.6 Å². The second kappa shape index (κ2) is 13.4. The van der Waals surface area contributed by atoms with Gasteiger partial charge in [-0.2, -0.15) is 0 Å². The van der Waals surface area contributed by atoms with Gasteiger partial charge in [-0.15, -0.1) is 0 Å². The molecule has 0 unspecified atom stereocenters. The Morgan fingerprint density at radius 1 is 0.875 bits per heavy atom. The number of methoxy groups -OCH3 is 3. The molecule has 0 bridgehead atoms. The zero-order chi connectivity index (χ0) is 33.9. The lowest BCUT2D eigenvalue weighted by molar-refractivity contribution is -0.139. The van der Waals surface area contributed by atoms with Crippen LogP contribution in [0.4, 0.5) is 11.4 Å². The Hall–Kier alpha value is -6.04. The van der Waals surface area contributed by atoms with Gasteiger partial charge in [0, 0.05) is 18.3 Å².